The summed E-state index contributed by atoms with van der Waals surface area (Å²) in [6, 6.07) is 15.5. The fourth-order valence-electron chi connectivity index (χ4n) is 3.24. The highest BCUT2D eigenvalue weighted by molar-refractivity contribution is 6.46. The average Bonchev–Trinajstić information content (AvgIpc) is 2.93. The summed E-state index contributed by atoms with van der Waals surface area (Å²) in [5, 5.41) is 10.8. The third-order valence-electron chi connectivity index (χ3n) is 4.48. The van der Waals surface area contributed by atoms with Crippen molar-refractivity contribution in [3.05, 3.63) is 71.3 Å². The van der Waals surface area contributed by atoms with E-state index in [9.17, 15) is 14.7 Å². The van der Waals surface area contributed by atoms with Crippen LogP contribution in [-0.2, 0) is 9.59 Å². The molecule has 3 rings (SSSR count). The smallest absolute Gasteiger partial charge is 0.295 e. The minimum atomic E-state index is -0.652. The largest absolute Gasteiger partial charge is 0.507 e. The molecule has 1 atom stereocenters. The molecule has 1 unspecified atom stereocenters. The molecule has 0 aliphatic carbocycles. The Morgan fingerprint density at radius 3 is 2.31 bits per heavy atom. The van der Waals surface area contributed by atoms with Crippen LogP contribution in [0, 0.1) is 0 Å². The first-order chi connectivity index (χ1) is 12.6. The highest BCUT2D eigenvalue weighted by Crippen LogP contribution is 2.39. The number of ketones is 1. The van der Waals surface area contributed by atoms with Gasteiger partial charge in [-0.2, -0.15) is 0 Å². The lowest BCUT2D eigenvalue weighted by Crippen LogP contribution is -2.30. The van der Waals surface area contributed by atoms with Crippen LogP contribution in [0.3, 0.4) is 0 Å². The van der Waals surface area contributed by atoms with E-state index >= 15 is 0 Å². The Labute approximate surface area is 152 Å². The number of hydrogen-bond acceptors (Lipinski definition) is 4. The van der Waals surface area contributed by atoms with Crippen molar-refractivity contribution < 1.29 is 19.4 Å². The zero-order valence-electron chi connectivity index (χ0n) is 14.8. The Morgan fingerprint density at radius 1 is 1.08 bits per heavy atom. The number of benzene rings is 2. The maximum absolute atomic E-state index is 12.7. The number of likely N-dealkylation sites (tertiary alicyclic amines) is 1. The van der Waals surface area contributed by atoms with Crippen LogP contribution in [0.5, 0.6) is 5.75 Å². The van der Waals surface area contributed by atoms with Gasteiger partial charge in [0.05, 0.1) is 18.7 Å². The Bertz CT molecular complexity index is 840. The molecule has 1 amide bonds. The molecule has 1 saturated heterocycles. The van der Waals surface area contributed by atoms with Crippen molar-refractivity contribution >= 4 is 17.4 Å². The number of nitrogens with zero attached hydrogens (tertiary/aromatic N) is 1. The number of hydrogen-bond donors (Lipinski definition) is 1. The molecule has 2 aromatic carbocycles. The molecule has 134 valence electrons. The maximum atomic E-state index is 12.7. The lowest BCUT2D eigenvalue weighted by molar-refractivity contribution is -0.139. The van der Waals surface area contributed by atoms with E-state index in [0.29, 0.717) is 17.9 Å². The van der Waals surface area contributed by atoms with Crippen molar-refractivity contribution in [1.82, 2.24) is 4.90 Å². The SMILES string of the molecule is CCCN1C(=O)C(=O)C(=C(O)c2ccc(OC)cc2)C1c1ccccc1. The first-order valence-electron chi connectivity index (χ1n) is 8.56. The lowest BCUT2D eigenvalue weighted by atomic mass is 9.95. The standard InChI is InChI=1S/C21H21NO4/c1-3-13-22-18(14-7-5-4-6-8-14)17(20(24)21(22)25)19(23)15-9-11-16(26-2)12-10-15/h4-12,18,23H,3,13H2,1-2H3. The van der Waals surface area contributed by atoms with Crippen LogP contribution in [0.25, 0.3) is 5.76 Å². The number of methoxy groups -OCH3 is 1. The summed E-state index contributed by atoms with van der Waals surface area (Å²) >= 11 is 0. The number of ether oxygens (including phenoxy) is 1. The van der Waals surface area contributed by atoms with E-state index < -0.39 is 17.7 Å². The van der Waals surface area contributed by atoms with Crippen LogP contribution in [0.15, 0.2) is 60.2 Å². The first kappa shape index (κ1) is 17.7. The van der Waals surface area contributed by atoms with Crippen molar-refractivity contribution in [3.63, 3.8) is 0 Å². The summed E-state index contributed by atoms with van der Waals surface area (Å²) in [6.07, 6.45) is 0.721. The number of carbonyl (C=O) groups excluding carboxylic acids is 2. The summed E-state index contributed by atoms with van der Waals surface area (Å²) in [5.74, 6) is -0.748. The van der Waals surface area contributed by atoms with Crippen molar-refractivity contribution in [2.24, 2.45) is 0 Å². The quantitative estimate of drug-likeness (QED) is 0.508. The molecule has 26 heavy (non-hydrogen) atoms. The van der Waals surface area contributed by atoms with Crippen molar-refractivity contribution in [2.75, 3.05) is 13.7 Å². The van der Waals surface area contributed by atoms with Gasteiger partial charge < -0.3 is 14.7 Å². The van der Waals surface area contributed by atoms with E-state index in [2.05, 4.69) is 0 Å². The molecule has 2 aromatic rings. The van der Waals surface area contributed by atoms with Crippen LogP contribution in [0.2, 0.25) is 0 Å². The Balaban J connectivity index is 2.14. The zero-order chi connectivity index (χ0) is 18.7. The number of aliphatic hydroxyl groups excluding tert-OH is 1. The van der Waals surface area contributed by atoms with E-state index in [1.807, 2.05) is 37.3 Å². The molecule has 5 nitrogen and oxygen atoms in total. The number of aliphatic hydroxyl groups is 1. The Hall–Kier alpha value is -3.08. The predicted molar refractivity (Wildman–Crippen MR) is 98.7 cm³/mol. The number of Topliss-reactive ketones (excluding diaryl/α,β-unsaturated/α-hetero) is 1. The lowest BCUT2D eigenvalue weighted by Gasteiger charge is -2.24. The van der Waals surface area contributed by atoms with Gasteiger partial charge >= 0.3 is 0 Å². The molecule has 1 N–H and O–H groups in total. The maximum Gasteiger partial charge on any atom is 0.295 e. The minimum absolute atomic E-state index is 0.125. The van der Waals surface area contributed by atoms with Gasteiger partial charge in [0.15, 0.2) is 0 Å². The number of amides is 1. The van der Waals surface area contributed by atoms with E-state index in [4.69, 9.17) is 4.74 Å². The highest BCUT2D eigenvalue weighted by atomic mass is 16.5. The second kappa shape index (κ2) is 7.44. The Morgan fingerprint density at radius 2 is 1.73 bits per heavy atom. The van der Waals surface area contributed by atoms with E-state index in [-0.39, 0.29) is 11.3 Å². The number of carbonyl (C=O) groups is 2. The first-order valence-corrected chi connectivity index (χ1v) is 8.56. The topological polar surface area (TPSA) is 66.8 Å². The summed E-state index contributed by atoms with van der Waals surface area (Å²) in [4.78, 5) is 26.7. The predicted octanol–water partition coefficient (Wildman–Crippen LogP) is 3.53. The molecule has 0 radical (unpaired) electrons. The normalized spacial score (nSPS) is 19.0. The molecule has 0 saturated carbocycles. The van der Waals surface area contributed by atoms with Gasteiger partial charge in [-0.1, -0.05) is 37.3 Å². The molecule has 1 fully saturated rings. The minimum Gasteiger partial charge on any atom is -0.507 e. The van der Waals surface area contributed by atoms with Crippen LogP contribution in [-0.4, -0.2) is 35.4 Å². The van der Waals surface area contributed by atoms with Crippen LogP contribution < -0.4 is 4.74 Å². The summed E-state index contributed by atoms with van der Waals surface area (Å²) in [5.41, 5.74) is 1.40. The van der Waals surface area contributed by atoms with E-state index in [1.165, 1.54) is 4.90 Å². The fourth-order valence-corrected chi connectivity index (χ4v) is 3.24. The van der Waals surface area contributed by atoms with Crippen molar-refractivity contribution in [3.8, 4) is 5.75 Å². The van der Waals surface area contributed by atoms with Crippen LogP contribution in [0.1, 0.15) is 30.5 Å². The summed E-state index contributed by atoms with van der Waals surface area (Å²) < 4.78 is 5.13. The Kier molecular flexibility index (Phi) is 5.07. The second-order valence-electron chi connectivity index (χ2n) is 6.13. The third kappa shape index (κ3) is 3.08. The molecular formula is C21H21NO4. The van der Waals surface area contributed by atoms with Gasteiger partial charge in [0.1, 0.15) is 11.5 Å². The van der Waals surface area contributed by atoms with E-state index in [1.54, 1.807) is 31.4 Å². The van der Waals surface area contributed by atoms with Gasteiger partial charge in [0.2, 0.25) is 0 Å². The van der Waals surface area contributed by atoms with Crippen LogP contribution >= 0.6 is 0 Å². The molecule has 1 aliphatic rings. The third-order valence-corrected chi connectivity index (χ3v) is 4.48. The summed E-state index contributed by atoms with van der Waals surface area (Å²) in [6.45, 7) is 2.40. The van der Waals surface area contributed by atoms with Crippen molar-refractivity contribution in [2.45, 2.75) is 19.4 Å². The highest BCUT2D eigenvalue weighted by Gasteiger charge is 2.45. The molecule has 0 aromatic heterocycles. The molecule has 1 heterocycles. The molecule has 1 aliphatic heterocycles. The molecular weight excluding hydrogens is 330 g/mol. The summed E-state index contributed by atoms with van der Waals surface area (Å²) in [7, 11) is 1.56. The zero-order valence-corrected chi connectivity index (χ0v) is 14.8. The molecule has 0 spiro atoms. The van der Waals surface area contributed by atoms with Gasteiger partial charge in [-0.15, -0.1) is 0 Å². The van der Waals surface area contributed by atoms with Gasteiger partial charge in [0.25, 0.3) is 11.7 Å². The van der Waals surface area contributed by atoms with Crippen molar-refractivity contribution in [1.29, 1.82) is 0 Å². The molecule has 5 heteroatoms. The van der Waals surface area contributed by atoms with Crippen LogP contribution in [0.4, 0.5) is 0 Å². The fraction of sp³-hybridized carbons (Fsp3) is 0.238. The number of rotatable bonds is 5. The van der Waals surface area contributed by atoms with Gasteiger partial charge in [-0.25, -0.2) is 0 Å². The van der Waals surface area contributed by atoms with Gasteiger partial charge in [-0.05, 0) is 36.2 Å². The average molecular weight is 351 g/mol. The van der Waals surface area contributed by atoms with E-state index in [0.717, 1.165) is 12.0 Å². The monoisotopic (exact) mass is 351 g/mol. The van der Waals surface area contributed by atoms with Gasteiger partial charge in [-0.3, -0.25) is 9.59 Å². The second-order valence-corrected chi connectivity index (χ2v) is 6.13. The van der Waals surface area contributed by atoms with Gasteiger partial charge in [0, 0.05) is 12.1 Å². The molecule has 0 bridgehead atoms.